The van der Waals surface area contributed by atoms with Crippen LogP contribution in [0.3, 0.4) is 0 Å². The van der Waals surface area contributed by atoms with Gasteiger partial charge < -0.3 is 15.5 Å². The first-order chi connectivity index (χ1) is 15.8. The van der Waals surface area contributed by atoms with Crippen molar-refractivity contribution in [1.29, 1.82) is 0 Å². The van der Waals surface area contributed by atoms with Crippen LogP contribution in [0.1, 0.15) is 17.0 Å². The predicted octanol–water partition coefficient (Wildman–Crippen LogP) is 3.51. The molecule has 10 heteroatoms. The van der Waals surface area contributed by atoms with E-state index in [4.69, 9.17) is 11.6 Å². The number of nitrogens with zero attached hydrogens (tertiary/aromatic N) is 4. The number of aryl methyl sites for hydroxylation is 3. The largest absolute Gasteiger partial charge is 0.359 e. The Kier molecular flexibility index (Phi) is 6.90. The van der Waals surface area contributed by atoms with Crippen LogP contribution in [0.25, 0.3) is 5.69 Å². The van der Waals surface area contributed by atoms with E-state index in [9.17, 15) is 9.59 Å². The number of carbonyl (C=O) groups excluding carboxylic acids is 2. The number of carbonyl (C=O) groups is 2. The molecule has 1 fully saturated rings. The van der Waals surface area contributed by atoms with Gasteiger partial charge in [-0.15, -0.1) is 10.2 Å². The summed E-state index contributed by atoms with van der Waals surface area (Å²) in [6, 6.07) is 11.5. The van der Waals surface area contributed by atoms with Gasteiger partial charge in [0.25, 0.3) is 0 Å². The smallest absolute Gasteiger partial charge is 0.239 e. The Labute approximate surface area is 201 Å². The normalized spacial score (nSPS) is 13.7. The first-order valence-corrected chi connectivity index (χ1v) is 11.9. The molecule has 1 saturated heterocycles. The molecule has 33 heavy (non-hydrogen) atoms. The van der Waals surface area contributed by atoms with E-state index in [2.05, 4.69) is 39.0 Å². The maximum absolute atomic E-state index is 12.6. The number of benzene rings is 2. The molecule has 3 aromatic rings. The second-order valence-electron chi connectivity index (χ2n) is 7.93. The number of nitrogens with one attached hydrogen (secondary N) is 2. The molecule has 1 aromatic heterocycles. The van der Waals surface area contributed by atoms with Crippen LogP contribution in [0.5, 0.6) is 0 Å². The molecule has 0 saturated carbocycles. The molecule has 2 heterocycles. The van der Waals surface area contributed by atoms with E-state index in [-0.39, 0.29) is 24.1 Å². The molecule has 0 unspecified atom stereocenters. The highest BCUT2D eigenvalue weighted by atomic mass is 35.5. The summed E-state index contributed by atoms with van der Waals surface area (Å²) in [5, 5.41) is 15.3. The third-order valence-electron chi connectivity index (χ3n) is 5.34. The van der Waals surface area contributed by atoms with Gasteiger partial charge in [0.2, 0.25) is 11.8 Å². The maximum Gasteiger partial charge on any atom is 0.239 e. The van der Waals surface area contributed by atoms with Gasteiger partial charge in [-0.3, -0.25) is 14.2 Å². The molecule has 1 aliphatic rings. The monoisotopic (exact) mass is 484 g/mol. The minimum atomic E-state index is -0.172. The predicted molar refractivity (Wildman–Crippen MR) is 132 cm³/mol. The van der Waals surface area contributed by atoms with Crippen LogP contribution in [0.15, 0.2) is 41.6 Å². The van der Waals surface area contributed by atoms with Crippen LogP contribution in [0.2, 0.25) is 5.02 Å². The van der Waals surface area contributed by atoms with Crippen LogP contribution in [-0.4, -0.2) is 52.0 Å². The molecule has 0 radical (unpaired) electrons. The number of amides is 2. The van der Waals surface area contributed by atoms with Crippen molar-refractivity contribution in [1.82, 2.24) is 20.1 Å². The number of hydrogen-bond donors (Lipinski definition) is 2. The van der Waals surface area contributed by atoms with Crippen molar-refractivity contribution in [3.8, 4) is 5.69 Å². The van der Waals surface area contributed by atoms with Crippen LogP contribution in [0, 0.1) is 20.8 Å². The van der Waals surface area contributed by atoms with Gasteiger partial charge in [-0.05, 0) is 56.2 Å². The molecular formula is C23H25ClN6O2S. The molecule has 2 aromatic carbocycles. The Morgan fingerprint density at radius 2 is 1.97 bits per heavy atom. The zero-order valence-electron chi connectivity index (χ0n) is 18.7. The fourth-order valence-corrected chi connectivity index (χ4v) is 4.78. The van der Waals surface area contributed by atoms with Crippen molar-refractivity contribution in [2.75, 3.05) is 35.6 Å². The van der Waals surface area contributed by atoms with E-state index in [1.54, 1.807) is 12.1 Å². The third kappa shape index (κ3) is 5.31. The standard InChI is InChI=1S/C23H25ClN6O2S/c1-14-4-5-15(2)20(10-14)30-16(3)27-28-23(30)33-13-22(32)26-17-6-7-19(18(24)11-17)29-9-8-25-21(31)12-29/h4-7,10-11H,8-9,12-13H2,1-3H3,(H,25,31)(H,26,32). The van der Waals surface area contributed by atoms with Gasteiger partial charge in [-0.25, -0.2) is 0 Å². The van der Waals surface area contributed by atoms with Gasteiger partial charge in [0.15, 0.2) is 5.16 Å². The molecule has 0 spiro atoms. The molecule has 2 N–H and O–H groups in total. The van der Waals surface area contributed by atoms with Crippen LogP contribution < -0.4 is 15.5 Å². The Bertz CT molecular complexity index is 1210. The summed E-state index contributed by atoms with van der Waals surface area (Å²) in [5.74, 6) is 0.736. The molecule has 8 nitrogen and oxygen atoms in total. The second kappa shape index (κ2) is 9.84. The number of anilines is 2. The number of piperazine rings is 1. The number of halogens is 1. The Balaban J connectivity index is 1.42. The number of aromatic nitrogens is 3. The van der Waals surface area contributed by atoms with Crippen molar-refractivity contribution in [2.45, 2.75) is 25.9 Å². The summed E-state index contributed by atoms with van der Waals surface area (Å²) in [4.78, 5) is 26.2. The van der Waals surface area contributed by atoms with Crippen molar-refractivity contribution in [3.63, 3.8) is 0 Å². The highest BCUT2D eigenvalue weighted by molar-refractivity contribution is 7.99. The summed E-state index contributed by atoms with van der Waals surface area (Å²) >= 11 is 7.76. The van der Waals surface area contributed by atoms with Gasteiger partial charge in [0.05, 0.1) is 28.7 Å². The lowest BCUT2D eigenvalue weighted by Crippen LogP contribution is -2.47. The quantitative estimate of drug-likeness (QED) is 0.520. The van der Waals surface area contributed by atoms with E-state index in [1.807, 2.05) is 36.3 Å². The van der Waals surface area contributed by atoms with Crippen molar-refractivity contribution >= 4 is 46.6 Å². The zero-order chi connectivity index (χ0) is 23.5. The highest BCUT2D eigenvalue weighted by Gasteiger charge is 2.19. The summed E-state index contributed by atoms with van der Waals surface area (Å²) in [7, 11) is 0. The molecule has 2 amide bonds. The van der Waals surface area contributed by atoms with E-state index < -0.39 is 0 Å². The van der Waals surface area contributed by atoms with E-state index in [0.717, 1.165) is 28.3 Å². The van der Waals surface area contributed by atoms with Gasteiger partial charge >= 0.3 is 0 Å². The Hall–Kier alpha value is -3.04. The molecule has 172 valence electrons. The summed E-state index contributed by atoms with van der Waals surface area (Å²) in [6.45, 7) is 7.51. The molecular weight excluding hydrogens is 460 g/mol. The lowest BCUT2D eigenvalue weighted by molar-refractivity contribution is -0.120. The minimum Gasteiger partial charge on any atom is -0.359 e. The van der Waals surface area contributed by atoms with E-state index >= 15 is 0 Å². The highest BCUT2D eigenvalue weighted by Crippen LogP contribution is 2.30. The lowest BCUT2D eigenvalue weighted by Gasteiger charge is -2.29. The first-order valence-electron chi connectivity index (χ1n) is 10.6. The zero-order valence-corrected chi connectivity index (χ0v) is 20.3. The Morgan fingerprint density at radius 1 is 1.15 bits per heavy atom. The Morgan fingerprint density at radius 3 is 2.73 bits per heavy atom. The molecule has 0 atom stereocenters. The summed E-state index contributed by atoms with van der Waals surface area (Å²) in [5.41, 5.74) is 4.63. The SMILES string of the molecule is Cc1ccc(C)c(-n2c(C)nnc2SCC(=O)Nc2ccc(N3CCNC(=O)C3)c(Cl)c2)c1. The van der Waals surface area contributed by atoms with Gasteiger partial charge in [-0.2, -0.15) is 0 Å². The molecule has 0 aliphatic carbocycles. The second-order valence-corrected chi connectivity index (χ2v) is 9.28. The average Bonchev–Trinajstić information content (AvgIpc) is 3.14. The minimum absolute atomic E-state index is 0.0318. The van der Waals surface area contributed by atoms with Gasteiger partial charge in [0, 0.05) is 18.8 Å². The van der Waals surface area contributed by atoms with E-state index in [1.165, 1.54) is 11.8 Å². The van der Waals surface area contributed by atoms with Crippen LogP contribution >= 0.6 is 23.4 Å². The van der Waals surface area contributed by atoms with Crippen molar-refractivity contribution < 1.29 is 9.59 Å². The molecule has 4 rings (SSSR count). The number of hydrogen-bond acceptors (Lipinski definition) is 6. The lowest BCUT2D eigenvalue weighted by atomic mass is 10.1. The average molecular weight is 485 g/mol. The van der Waals surface area contributed by atoms with Crippen molar-refractivity contribution in [3.05, 3.63) is 58.4 Å². The number of thioether (sulfide) groups is 1. The topological polar surface area (TPSA) is 92.2 Å². The summed E-state index contributed by atoms with van der Waals surface area (Å²) in [6.07, 6.45) is 0. The molecule has 1 aliphatic heterocycles. The fourth-order valence-electron chi connectivity index (χ4n) is 3.69. The van der Waals surface area contributed by atoms with E-state index in [0.29, 0.717) is 29.0 Å². The maximum atomic E-state index is 12.6. The van der Waals surface area contributed by atoms with Gasteiger partial charge in [-0.1, -0.05) is 35.5 Å². The summed E-state index contributed by atoms with van der Waals surface area (Å²) < 4.78 is 1.97. The molecule has 0 bridgehead atoms. The third-order valence-corrected chi connectivity index (χ3v) is 6.58. The number of rotatable bonds is 6. The van der Waals surface area contributed by atoms with Gasteiger partial charge in [0.1, 0.15) is 5.82 Å². The van der Waals surface area contributed by atoms with Crippen LogP contribution in [-0.2, 0) is 9.59 Å². The van der Waals surface area contributed by atoms with Crippen molar-refractivity contribution in [2.24, 2.45) is 0 Å². The first kappa shape index (κ1) is 23.1. The fraction of sp³-hybridized carbons (Fsp3) is 0.304. The van der Waals surface area contributed by atoms with Crippen LogP contribution in [0.4, 0.5) is 11.4 Å².